The van der Waals surface area contributed by atoms with Crippen LogP contribution in [0.25, 0.3) is 11.1 Å². The molecule has 63 heavy (non-hydrogen) atoms. The van der Waals surface area contributed by atoms with E-state index in [9.17, 15) is 28.8 Å². The molecule has 0 atom stereocenters. The number of rotatable bonds is 26. The van der Waals surface area contributed by atoms with E-state index in [4.69, 9.17) is 28.4 Å². The van der Waals surface area contributed by atoms with E-state index >= 15 is 0 Å². The molecule has 0 aliphatic heterocycles. The van der Waals surface area contributed by atoms with Crippen LogP contribution in [0.3, 0.4) is 0 Å². The number of hydrogen-bond donors (Lipinski definition) is 0. The fourth-order valence-electron chi connectivity index (χ4n) is 6.01. The zero-order valence-corrected chi connectivity index (χ0v) is 37.1. The molecule has 14 nitrogen and oxygen atoms in total. The van der Waals surface area contributed by atoms with Gasteiger partial charge in [0.1, 0.15) is 49.9 Å². The van der Waals surface area contributed by atoms with Crippen molar-refractivity contribution in [1.29, 1.82) is 0 Å². The number of ether oxygens (including phenoxy) is 8. The van der Waals surface area contributed by atoms with Crippen molar-refractivity contribution in [3.63, 3.8) is 0 Å². The average Bonchev–Trinajstić information content (AvgIpc) is 3.29. The van der Waals surface area contributed by atoms with Crippen molar-refractivity contribution in [3.05, 3.63) is 108 Å². The molecule has 0 aromatic heterocycles. The lowest BCUT2D eigenvalue weighted by Gasteiger charge is -2.32. The van der Waals surface area contributed by atoms with Crippen LogP contribution in [-0.4, -0.2) is 83.1 Å². The first-order valence-corrected chi connectivity index (χ1v) is 20.9. The molecule has 0 amide bonds. The molecule has 0 aliphatic carbocycles. The Bertz CT molecular complexity index is 1980. The van der Waals surface area contributed by atoms with Crippen molar-refractivity contribution >= 4 is 35.8 Å². The Balaban J connectivity index is 1.85. The summed E-state index contributed by atoms with van der Waals surface area (Å²) in [5.74, 6) is -5.73. The van der Waals surface area contributed by atoms with Crippen molar-refractivity contribution in [2.45, 2.75) is 85.2 Å². The zero-order chi connectivity index (χ0) is 46.2. The topological polar surface area (TPSA) is 176 Å². The highest BCUT2D eigenvalue weighted by molar-refractivity contribution is 6.30. The maximum Gasteiger partial charge on any atom is 0.417 e. The summed E-state index contributed by atoms with van der Waals surface area (Å²) < 4.78 is 42.4. The Hall–Kier alpha value is -6.44. The molecule has 0 bridgehead atoms. The lowest BCUT2D eigenvalue weighted by molar-refractivity contribution is -0.177. The Morgan fingerprint density at radius 3 is 1.62 bits per heavy atom. The normalized spacial score (nSPS) is 10.8. The van der Waals surface area contributed by atoms with Crippen LogP contribution in [-0.2, 0) is 76.6 Å². The van der Waals surface area contributed by atoms with Gasteiger partial charge in [-0.05, 0) is 91.6 Å². The van der Waals surface area contributed by atoms with Crippen molar-refractivity contribution < 1.29 is 66.7 Å². The van der Waals surface area contributed by atoms with Gasteiger partial charge in [0.15, 0.2) is 0 Å². The highest BCUT2D eigenvalue weighted by Gasteiger charge is 2.39. The summed E-state index contributed by atoms with van der Waals surface area (Å²) in [7, 11) is 1.97. The van der Waals surface area contributed by atoms with Crippen molar-refractivity contribution in [2.75, 3.05) is 47.3 Å². The smallest absolute Gasteiger partial charge is 0.417 e. The van der Waals surface area contributed by atoms with E-state index in [1.165, 1.54) is 51.0 Å². The van der Waals surface area contributed by atoms with Crippen LogP contribution in [0.15, 0.2) is 91.0 Å². The molecule has 14 heteroatoms. The molecule has 3 aromatic carbocycles. The largest absolute Gasteiger partial charge is 0.492 e. The van der Waals surface area contributed by atoms with Crippen LogP contribution in [0, 0.1) is 5.41 Å². The second kappa shape index (κ2) is 26.8. The van der Waals surface area contributed by atoms with Gasteiger partial charge in [-0.15, -0.1) is 0 Å². The van der Waals surface area contributed by atoms with Crippen LogP contribution in [0.5, 0.6) is 11.5 Å². The van der Waals surface area contributed by atoms with Gasteiger partial charge in [-0.2, -0.15) is 0 Å². The molecule has 0 fully saturated rings. The van der Waals surface area contributed by atoms with E-state index in [1.807, 2.05) is 36.4 Å². The summed E-state index contributed by atoms with van der Waals surface area (Å²) in [6, 6.07) is 21.6. The number of benzene rings is 3. The lowest BCUT2D eigenvalue weighted by Crippen LogP contribution is -2.45. The second-order valence-electron chi connectivity index (χ2n) is 15.3. The minimum absolute atomic E-state index is 0.0383. The van der Waals surface area contributed by atoms with Crippen LogP contribution in [0.4, 0.5) is 0 Å². The van der Waals surface area contributed by atoms with Gasteiger partial charge < -0.3 is 37.9 Å². The number of esters is 6. The van der Waals surface area contributed by atoms with Crippen molar-refractivity contribution in [1.82, 2.24) is 0 Å². The van der Waals surface area contributed by atoms with Gasteiger partial charge >= 0.3 is 35.8 Å². The van der Waals surface area contributed by atoms with Gasteiger partial charge in [0.2, 0.25) is 0 Å². The van der Waals surface area contributed by atoms with Gasteiger partial charge in [-0.1, -0.05) is 94.7 Å². The highest BCUT2D eigenvalue weighted by Crippen LogP contribution is 2.31. The molecule has 0 aliphatic rings. The molecule has 0 heterocycles. The van der Waals surface area contributed by atoms with E-state index in [0.29, 0.717) is 36.5 Å². The second-order valence-corrected chi connectivity index (χ2v) is 15.3. The third-order valence-electron chi connectivity index (χ3n) is 9.78. The monoisotopic (exact) mass is 872 g/mol. The molecule has 0 saturated heterocycles. The molecular weight excluding hydrogens is 813 g/mol. The third kappa shape index (κ3) is 17.8. The minimum atomic E-state index is -1.68. The molecule has 3 aromatic rings. The number of carbonyl (C=O) groups excluding carboxylic acids is 6. The summed E-state index contributed by atoms with van der Waals surface area (Å²) in [4.78, 5) is 73.2. The first kappa shape index (κ1) is 50.9. The van der Waals surface area contributed by atoms with Crippen molar-refractivity contribution in [2.24, 2.45) is 5.41 Å². The number of unbranched alkanes of at least 4 members (excludes halogenated alkanes) is 5. The predicted octanol–water partition coefficient (Wildman–Crippen LogP) is 7.80. The minimum Gasteiger partial charge on any atom is -0.492 e. The fraction of sp³-hybridized carbons (Fsp3) is 0.429. The van der Waals surface area contributed by atoms with Crippen molar-refractivity contribution in [3.8, 4) is 22.6 Å². The van der Waals surface area contributed by atoms with E-state index < -0.39 is 67.7 Å². The predicted molar refractivity (Wildman–Crippen MR) is 233 cm³/mol. The van der Waals surface area contributed by atoms with E-state index in [2.05, 4.69) is 53.8 Å². The average molecular weight is 873 g/mol. The van der Waals surface area contributed by atoms with Crippen LogP contribution >= 0.6 is 0 Å². The van der Waals surface area contributed by atoms with Gasteiger partial charge in [-0.25, -0.2) is 28.8 Å². The highest BCUT2D eigenvalue weighted by atomic mass is 16.6. The summed E-state index contributed by atoms with van der Waals surface area (Å²) in [6.07, 6.45) is 9.42. The van der Waals surface area contributed by atoms with Crippen LogP contribution in [0.2, 0.25) is 0 Å². The van der Waals surface area contributed by atoms with Gasteiger partial charge in [0, 0.05) is 11.1 Å². The maximum atomic E-state index is 12.5. The SMILES string of the molecule is C=C(C)C(=O)OCCCc1cc(-c2ccc(OCc3ccc(CCCCCCCC)cc3)cc2)ccc1OCC(COC(=O)C(=C)C)(COC(=O)C(=O)OC)COC(=O)C(=O)OC. The molecule has 0 unspecified atom stereocenters. The number of methoxy groups -OCH3 is 2. The van der Waals surface area contributed by atoms with Gasteiger partial charge in [0.25, 0.3) is 0 Å². The lowest BCUT2D eigenvalue weighted by atomic mass is 9.91. The Morgan fingerprint density at radius 2 is 1.05 bits per heavy atom. The zero-order valence-electron chi connectivity index (χ0n) is 37.1. The molecule has 0 spiro atoms. The molecule has 0 N–H and O–H groups in total. The standard InChI is InChI=1S/C49H60O14/c1-8-9-10-11-12-13-15-36-17-19-37(20-18-36)29-59-41-24-21-38(22-25-41)39-23-26-42(40(28-39)16-14-27-58-43(50)34(2)3)60-30-49(31-61-44(51)35(4)5,32-62-47(54)45(52)56-6)33-63-48(55)46(53)57-7/h17-26,28H,2,4,8-16,27,29-33H2,1,3,5-7H3. The maximum absolute atomic E-state index is 12.5. The summed E-state index contributed by atoms with van der Waals surface area (Å²) in [5.41, 5.74) is 3.37. The van der Waals surface area contributed by atoms with Gasteiger partial charge in [-0.3, -0.25) is 0 Å². The molecule has 3 rings (SSSR count). The van der Waals surface area contributed by atoms with E-state index in [0.717, 1.165) is 37.3 Å². The van der Waals surface area contributed by atoms with E-state index in [-0.39, 0.29) is 17.8 Å². The number of hydrogen-bond acceptors (Lipinski definition) is 14. The van der Waals surface area contributed by atoms with Gasteiger partial charge in [0.05, 0.1) is 20.8 Å². The quantitative estimate of drug-likeness (QED) is 0.0251. The third-order valence-corrected chi connectivity index (χ3v) is 9.78. The molecule has 340 valence electrons. The first-order chi connectivity index (χ1) is 30.2. The Labute approximate surface area is 369 Å². The molecular formula is C49H60O14. The Morgan fingerprint density at radius 1 is 0.524 bits per heavy atom. The molecule has 0 saturated carbocycles. The summed E-state index contributed by atoms with van der Waals surface area (Å²) in [5, 5.41) is 0. The van der Waals surface area contributed by atoms with Crippen LogP contribution in [0.1, 0.15) is 82.4 Å². The first-order valence-electron chi connectivity index (χ1n) is 20.9. The summed E-state index contributed by atoms with van der Waals surface area (Å²) >= 11 is 0. The summed E-state index contributed by atoms with van der Waals surface area (Å²) in [6.45, 7) is 10.5. The van der Waals surface area contributed by atoms with Crippen LogP contribution < -0.4 is 9.47 Å². The Kier molecular flexibility index (Phi) is 21.7. The number of carbonyl (C=O) groups is 6. The number of aryl methyl sites for hydroxylation is 2. The molecule has 0 radical (unpaired) electrons. The van der Waals surface area contributed by atoms with E-state index in [1.54, 1.807) is 13.0 Å². The fourth-order valence-corrected chi connectivity index (χ4v) is 6.01.